The van der Waals surface area contributed by atoms with E-state index in [1.807, 2.05) is 13.1 Å². The standard InChI is InChI=1S/C14H22N4S/c1-4-14-16-10-13(19-14)9-15-6-5-7-18-12(3)8-11(2)17-18/h8,10,15H,4-7,9H2,1-3H3. The van der Waals surface area contributed by atoms with Crippen LogP contribution in [0, 0.1) is 13.8 Å². The Balaban J connectivity index is 1.65. The summed E-state index contributed by atoms with van der Waals surface area (Å²) < 4.78 is 2.08. The van der Waals surface area contributed by atoms with Crippen LogP contribution in [0.4, 0.5) is 0 Å². The second-order valence-electron chi connectivity index (χ2n) is 4.75. The van der Waals surface area contributed by atoms with Crippen molar-refractivity contribution < 1.29 is 0 Å². The maximum absolute atomic E-state index is 4.46. The largest absolute Gasteiger partial charge is 0.312 e. The third-order valence-electron chi connectivity index (χ3n) is 3.03. The quantitative estimate of drug-likeness (QED) is 0.792. The van der Waals surface area contributed by atoms with Crippen molar-refractivity contribution in [2.75, 3.05) is 6.54 Å². The first-order valence-electron chi connectivity index (χ1n) is 6.84. The number of aromatic nitrogens is 3. The van der Waals surface area contributed by atoms with Crippen molar-refractivity contribution in [2.45, 2.75) is 46.7 Å². The molecule has 4 nitrogen and oxygen atoms in total. The minimum Gasteiger partial charge on any atom is -0.312 e. The Morgan fingerprint density at radius 3 is 2.84 bits per heavy atom. The van der Waals surface area contributed by atoms with E-state index in [2.05, 4.69) is 40.0 Å². The molecule has 19 heavy (non-hydrogen) atoms. The van der Waals surface area contributed by atoms with E-state index < -0.39 is 0 Å². The zero-order chi connectivity index (χ0) is 13.7. The molecular weight excluding hydrogens is 256 g/mol. The molecule has 0 atom stereocenters. The van der Waals surface area contributed by atoms with E-state index in [0.717, 1.165) is 38.2 Å². The number of nitrogens with zero attached hydrogens (tertiary/aromatic N) is 3. The molecule has 0 radical (unpaired) electrons. The summed E-state index contributed by atoms with van der Waals surface area (Å²) in [5, 5.41) is 9.15. The van der Waals surface area contributed by atoms with E-state index in [1.165, 1.54) is 15.6 Å². The van der Waals surface area contributed by atoms with Crippen molar-refractivity contribution in [3.63, 3.8) is 0 Å². The fourth-order valence-electron chi connectivity index (χ4n) is 2.06. The monoisotopic (exact) mass is 278 g/mol. The molecule has 0 bridgehead atoms. The molecule has 0 spiro atoms. The molecule has 0 aliphatic rings. The number of hydrogen-bond donors (Lipinski definition) is 1. The Morgan fingerprint density at radius 2 is 2.21 bits per heavy atom. The van der Waals surface area contributed by atoms with Gasteiger partial charge in [0.1, 0.15) is 0 Å². The molecule has 2 heterocycles. The van der Waals surface area contributed by atoms with Crippen LogP contribution >= 0.6 is 11.3 Å². The molecule has 0 fully saturated rings. The molecule has 2 aromatic heterocycles. The van der Waals surface area contributed by atoms with E-state index in [-0.39, 0.29) is 0 Å². The molecule has 1 N–H and O–H groups in total. The lowest BCUT2D eigenvalue weighted by Crippen LogP contribution is -2.16. The van der Waals surface area contributed by atoms with Crippen LogP contribution in [0.25, 0.3) is 0 Å². The van der Waals surface area contributed by atoms with Crippen molar-refractivity contribution in [2.24, 2.45) is 0 Å². The van der Waals surface area contributed by atoms with E-state index in [9.17, 15) is 0 Å². The Kier molecular flexibility index (Phi) is 5.10. The SMILES string of the molecule is CCc1ncc(CNCCCn2nc(C)cc2C)s1. The highest BCUT2D eigenvalue weighted by molar-refractivity contribution is 7.11. The average Bonchev–Trinajstić information content (AvgIpc) is 2.96. The maximum atomic E-state index is 4.46. The number of thiazole rings is 1. The molecule has 2 aromatic rings. The normalized spacial score (nSPS) is 11.1. The molecule has 0 aliphatic heterocycles. The minimum absolute atomic E-state index is 0.925. The summed E-state index contributed by atoms with van der Waals surface area (Å²) in [6, 6.07) is 2.12. The lowest BCUT2D eigenvalue weighted by atomic mass is 10.4. The molecule has 0 saturated carbocycles. The molecule has 104 valence electrons. The zero-order valence-corrected chi connectivity index (χ0v) is 12.8. The minimum atomic E-state index is 0.925. The van der Waals surface area contributed by atoms with E-state index in [1.54, 1.807) is 11.3 Å². The summed E-state index contributed by atoms with van der Waals surface area (Å²) in [5.41, 5.74) is 2.34. The van der Waals surface area contributed by atoms with E-state index in [4.69, 9.17) is 0 Å². The summed E-state index contributed by atoms with van der Waals surface area (Å²) in [5.74, 6) is 0. The van der Waals surface area contributed by atoms with Crippen LogP contribution in [0.15, 0.2) is 12.3 Å². The van der Waals surface area contributed by atoms with Crippen LogP contribution in [0.3, 0.4) is 0 Å². The van der Waals surface area contributed by atoms with Gasteiger partial charge >= 0.3 is 0 Å². The second kappa shape index (κ2) is 6.82. The van der Waals surface area contributed by atoms with Gasteiger partial charge in [-0.3, -0.25) is 4.68 Å². The first kappa shape index (κ1) is 14.2. The van der Waals surface area contributed by atoms with E-state index >= 15 is 0 Å². The van der Waals surface area contributed by atoms with Crippen molar-refractivity contribution in [3.05, 3.63) is 33.5 Å². The van der Waals surface area contributed by atoms with Crippen LogP contribution in [0.2, 0.25) is 0 Å². The van der Waals surface area contributed by atoms with Crippen molar-refractivity contribution >= 4 is 11.3 Å². The van der Waals surface area contributed by atoms with Crippen LogP contribution in [-0.2, 0) is 19.5 Å². The lowest BCUT2D eigenvalue weighted by Gasteiger charge is -2.05. The van der Waals surface area contributed by atoms with Gasteiger partial charge in [-0.05, 0) is 39.3 Å². The Hall–Kier alpha value is -1.20. The van der Waals surface area contributed by atoms with Gasteiger partial charge in [-0.1, -0.05) is 6.92 Å². The second-order valence-corrected chi connectivity index (χ2v) is 5.95. The summed E-state index contributed by atoms with van der Waals surface area (Å²) >= 11 is 1.80. The van der Waals surface area contributed by atoms with Gasteiger partial charge in [0, 0.05) is 29.9 Å². The molecule has 0 aliphatic carbocycles. The Labute approximate surface area is 118 Å². The highest BCUT2D eigenvalue weighted by Gasteiger charge is 2.01. The van der Waals surface area contributed by atoms with Gasteiger partial charge in [0.25, 0.3) is 0 Å². The van der Waals surface area contributed by atoms with Gasteiger partial charge < -0.3 is 5.32 Å². The van der Waals surface area contributed by atoms with Crippen LogP contribution in [0.5, 0.6) is 0 Å². The van der Waals surface area contributed by atoms with Gasteiger partial charge in [0.05, 0.1) is 10.7 Å². The maximum Gasteiger partial charge on any atom is 0.0925 e. The third-order valence-corrected chi connectivity index (χ3v) is 4.17. The first-order valence-corrected chi connectivity index (χ1v) is 7.66. The van der Waals surface area contributed by atoms with Crippen molar-refractivity contribution in [3.8, 4) is 0 Å². The van der Waals surface area contributed by atoms with Crippen LogP contribution in [0.1, 0.15) is 34.6 Å². The summed E-state index contributed by atoms with van der Waals surface area (Å²) in [6.07, 6.45) is 4.11. The first-order chi connectivity index (χ1) is 9.19. The number of hydrogen-bond acceptors (Lipinski definition) is 4. The summed E-state index contributed by atoms with van der Waals surface area (Å²) in [4.78, 5) is 5.68. The number of rotatable bonds is 7. The van der Waals surface area contributed by atoms with Gasteiger partial charge in [0.2, 0.25) is 0 Å². The molecule has 0 saturated heterocycles. The summed E-state index contributed by atoms with van der Waals surface area (Å²) in [6.45, 7) is 9.21. The molecule has 5 heteroatoms. The van der Waals surface area contributed by atoms with Gasteiger partial charge in [-0.25, -0.2) is 4.98 Å². The van der Waals surface area contributed by atoms with Crippen molar-refractivity contribution in [1.82, 2.24) is 20.1 Å². The van der Waals surface area contributed by atoms with Crippen molar-refractivity contribution in [1.29, 1.82) is 0 Å². The number of aryl methyl sites for hydroxylation is 4. The summed E-state index contributed by atoms with van der Waals surface area (Å²) in [7, 11) is 0. The molecule has 0 aromatic carbocycles. The van der Waals surface area contributed by atoms with Crippen LogP contribution in [-0.4, -0.2) is 21.3 Å². The van der Waals surface area contributed by atoms with Gasteiger partial charge in [-0.2, -0.15) is 5.10 Å². The highest BCUT2D eigenvalue weighted by Crippen LogP contribution is 2.12. The fraction of sp³-hybridized carbons (Fsp3) is 0.571. The Morgan fingerprint density at radius 1 is 1.37 bits per heavy atom. The van der Waals surface area contributed by atoms with Crippen LogP contribution < -0.4 is 5.32 Å². The molecule has 0 unspecified atom stereocenters. The number of nitrogens with one attached hydrogen (secondary N) is 1. The topological polar surface area (TPSA) is 42.7 Å². The average molecular weight is 278 g/mol. The predicted octanol–water partition coefficient (Wildman–Crippen LogP) is 2.70. The molecule has 2 rings (SSSR count). The van der Waals surface area contributed by atoms with Gasteiger partial charge in [0.15, 0.2) is 0 Å². The lowest BCUT2D eigenvalue weighted by molar-refractivity contribution is 0.533. The van der Waals surface area contributed by atoms with E-state index in [0.29, 0.717) is 0 Å². The fourth-order valence-corrected chi connectivity index (χ4v) is 2.89. The molecule has 0 amide bonds. The smallest absolute Gasteiger partial charge is 0.0925 e. The van der Waals surface area contributed by atoms with Gasteiger partial charge in [-0.15, -0.1) is 11.3 Å². The molecular formula is C14H22N4S. The highest BCUT2D eigenvalue weighted by atomic mass is 32.1. The predicted molar refractivity (Wildman–Crippen MR) is 79.5 cm³/mol. The third kappa shape index (κ3) is 4.14. The Bertz CT molecular complexity index is 515. The zero-order valence-electron chi connectivity index (χ0n) is 11.9.